The zero-order chi connectivity index (χ0) is 20.8. The van der Waals surface area contributed by atoms with Gasteiger partial charge < -0.3 is 15.2 Å². The number of Topliss-reactive ketones (excluding diaryl/α,β-unsaturated/α-hetero) is 1. The van der Waals surface area contributed by atoms with Gasteiger partial charge in [0.15, 0.2) is 5.78 Å². The van der Waals surface area contributed by atoms with Crippen molar-refractivity contribution in [3.05, 3.63) is 65.2 Å². The minimum Gasteiger partial charge on any atom is -0.507 e. The number of likely N-dealkylation sites (tertiary alicyclic amines) is 1. The zero-order valence-electron chi connectivity index (χ0n) is 16.3. The summed E-state index contributed by atoms with van der Waals surface area (Å²) in [5.74, 6) is -1.13. The van der Waals surface area contributed by atoms with Gasteiger partial charge in [-0.25, -0.2) is 4.79 Å². The van der Waals surface area contributed by atoms with Crippen molar-refractivity contribution in [1.29, 1.82) is 0 Å². The maximum Gasteiger partial charge on any atom is 0.341 e. The molecule has 2 N–H and O–H groups in total. The van der Waals surface area contributed by atoms with Gasteiger partial charge in [0.05, 0.1) is 13.7 Å². The molecule has 1 fully saturated rings. The van der Waals surface area contributed by atoms with Crippen LogP contribution in [-0.2, 0) is 4.74 Å². The van der Waals surface area contributed by atoms with Crippen molar-refractivity contribution in [2.24, 2.45) is 0 Å². The molecule has 7 heteroatoms. The fourth-order valence-electron chi connectivity index (χ4n) is 3.37. The van der Waals surface area contributed by atoms with Crippen LogP contribution >= 0.6 is 0 Å². The number of hydrogen-bond donors (Lipinski definition) is 2. The Morgan fingerprint density at radius 3 is 2.41 bits per heavy atom. The van der Waals surface area contributed by atoms with Crippen LogP contribution in [0.4, 0.5) is 0 Å². The van der Waals surface area contributed by atoms with E-state index in [1.54, 1.807) is 12.1 Å². The number of amides is 1. The lowest BCUT2D eigenvalue weighted by molar-refractivity contribution is 0.0597. The minimum absolute atomic E-state index is 0.0271. The number of carbonyl (C=O) groups excluding carboxylic acids is 3. The van der Waals surface area contributed by atoms with E-state index in [0.29, 0.717) is 24.2 Å². The summed E-state index contributed by atoms with van der Waals surface area (Å²) in [4.78, 5) is 38.6. The summed E-state index contributed by atoms with van der Waals surface area (Å²) in [5.41, 5.74) is 0.960. The summed E-state index contributed by atoms with van der Waals surface area (Å²) in [7, 11) is 1.22. The molecule has 0 atom stereocenters. The van der Waals surface area contributed by atoms with Crippen LogP contribution in [0.15, 0.2) is 48.5 Å². The smallest absolute Gasteiger partial charge is 0.341 e. The second-order valence-electron chi connectivity index (χ2n) is 7.04. The van der Waals surface area contributed by atoms with Crippen molar-refractivity contribution in [2.75, 3.05) is 26.7 Å². The van der Waals surface area contributed by atoms with Crippen molar-refractivity contribution >= 4 is 17.7 Å². The van der Waals surface area contributed by atoms with Crippen LogP contribution in [0.3, 0.4) is 0 Å². The predicted molar refractivity (Wildman–Crippen MR) is 107 cm³/mol. The average molecular weight is 396 g/mol. The Labute approximate surface area is 169 Å². The third-order valence-electron chi connectivity index (χ3n) is 5.05. The van der Waals surface area contributed by atoms with Gasteiger partial charge >= 0.3 is 5.97 Å². The van der Waals surface area contributed by atoms with Gasteiger partial charge in [0.2, 0.25) is 0 Å². The molecule has 0 aromatic heterocycles. The number of nitrogens with one attached hydrogen (secondary N) is 1. The van der Waals surface area contributed by atoms with Gasteiger partial charge in [-0.1, -0.05) is 18.2 Å². The summed E-state index contributed by atoms with van der Waals surface area (Å²) in [6, 6.07) is 13.4. The molecule has 0 radical (unpaired) electrons. The van der Waals surface area contributed by atoms with Gasteiger partial charge in [-0.05, 0) is 43.2 Å². The van der Waals surface area contributed by atoms with Gasteiger partial charge in [0.25, 0.3) is 5.91 Å². The third-order valence-corrected chi connectivity index (χ3v) is 5.05. The highest BCUT2D eigenvalue weighted by molar-refractivity contribution is 6.01. The lowest BCUT2D eigenvalue weighted by Gasteiger charge is -2.31. The van der Waals surface area contributed by atoms with Gasteiger partial charge in [0, 0.05) is 30.3 Å². The van der Waals surface area contributed by atoms with E-state index < -0.39 is 5.97 Å². The topological polar surface area (TPSA) is 95.9 Å². The normalized spacial score (nSPS) is 14.9. The van der Waals surface area contributed by atoms with Crippen LogP contribution in [0.5, 0.6) is 5.75 Å². The largest absolute Gasteiger partial charge is 0.507 e. The molecule has 1 aliphatic rings. The number of rotatable bonds is 6. The van der Waals surface area contributed by atoms with E-state index in [0.717, 1.165) is 12.8 Å². The molecular weight excluding hydrogens is 372 g/mol. The van der Waals surface area contributed by atoms with Gasteiger partial charge in [-0.15, -0.1) is 0 Å². The second kappa shape index (κ2) is 9.34. The molecule has 7 nitrogen and oxygen atoms in total. The zero-order valence-corrected chi connectivity index (χ0v) is 16.3. The number of ether oxygens (including phenoxy) is 1. The van der Waals surface area contributed by atoms with E-state index in [4.69, 9.17) is 0 Å². The predicted octanol–water partition coefficient (Wildman–Crippen LogP) is 2.26. The highest BCUT2D eigenvalue weighted by Gasteiger charge is 2.23. The van der Waals surface area contributed by atoms with Crippen molar-refractivity contribution in [2.45, 2.75) is 18.9 Å². The van der Waals surface area contributed by atoms with Crippen molar-refractivity contribution in [1.82, 2.24) is 10.2 Å². The molecule has 1 saturated heterocycles. The Kier molecular flexibility index (Phi) is 6.61. The van der Waals surface area contributed by atoms with E-state index in [-0.39, 0.29) is 35.6 Å². The first kappa shape index (κ1) is 20.5. The number of methoxy groups -OCH3 is 1. The van der Waals surface area contributed by atoms with E-state index in [9.17, 15) is 19.5 Å². The van der Waals surface area contributed by atoms with Crippen LogP contribution in [0, 0.1) is 0 Å². The molecular formula is C22H24N2O5. The van der Waals surface area contributed by atoms with Crippen LogP contribution in [-0.4, -0.2) is 60.5 Å². The molecule has 2 aromatic carbocycles. The van der Waals surface area contributed by atoms with E-state index in [2.05, 4.69) is 10.1 Å². The molecule has 152 valence electrons. The molecule has 3 rings (SSSR count). The number of benzene rings is 2. The van der Waals surface area contributed by atoms with Crippen LogP contribution in [0.1, 0.15) is 43.9 Å². The molecule has 1 heterocycles. The average Bonchev–Trinajstić information content (AvgIpc) is 2.75. The highest BCUT2D eigenvalue weighted by atomic mass is 16.5. The SMILES string of the molecule is COC(=O)c1cc(C(=O)CN2CCC(NC(=O)c3ccccc3)CC2)ccc1O. The molecule has 0 spiro atoms. The Morgan fingerprint density at radius 2 is 1.76 bits per heavy atom. The Balaban J connectivity index is 1.52. The molecule has 2 aromatic rings. The minimum atomic E-state index is -0.688. The molecule has 1 amide bonds. The first-order valence-corrected chi connectivity index (χ1v) is 9.50. The first-order valence-electron chi connectivity index (χ1n) is 9.50. The first-order chi connectivity index (χ1) is 14.0. The van der Waals surface area contributed by atoms with Gasteiger partial charge in [-0.3, -0.25) is 14.5 Å². The Hall–Kier alpha value is -3.19. The molecule has 29 heavy (non-hydrogen) atoms. The molecule has 0 unspecified atom stereocenters. The maximum atomic E-state index is 12.6. The third kappa shape index (κ3) is 5.20. The lowest BCUT2D eigenvalue weighted by Crippen LogP contribution is -2.45. The fraction of sp³-hybridized carbons (Fsp3) is 0.318. The van der Waals surface area contributed by atoms with Gasteiger partial charge in [-0.2, -0.15) is 0 Å². The molecule has 0 aliphatic carbocycles. The molecule has 0 bridgehead atoms. The second-order valence-corrected chi connectivity index (χ2v) is 7.04. The van der Waals surface area contributed by atoms with Crippen molar-refractivity contribution in [3.63, 3.8) is 0 Å². The summed E-state index contributed by atoms with van der Waals surface area (Å²) >= 11 is 0. The number of aromatic hydroxyl groups is 1. The fourth-order valence-corrected chi connectivity index (χ4v) is 3.37. The summed E-state index contributed by atoms with van der Waals surface area (Å²) in [6.07, 6.45) is 1.52. The van der Waals surface area contributed by atoms with Crippen LogP contribution in [0.2, 0.25) is 0 Å². The lowest BCUT2D eigenvalue weighted by atomic mass is 10.0. The number of carbonyl (C=O) groups is 3. The number of ketones is 1. The molecule has 0 saturated carbocycles. The standard InChI is InChI=1S/C22H24N2O5/c1-29-22(28)18-13-16(7-8-19(18)25)20(26)14-24-11-9-17(10-12-24)23-21(27)15-5-3-2-4-6-15/h2-8,13,17,25H,9-12,14H2,1H3,(H,23,27). The number of phenolic OH excluding ortho intramolecular Hbond substituents is 1. The van der Waals surface area contributed by atoms with Crippen molar-refractivity contribution in [3.8, 4) is 5.75 Å². The monoisotopic (exact) mass is 396 g/mol. The number of nitrogens with zero attached hydrogens (tertiary/aromatic N) is 1. The van der Waals surface area contributed by atoms with E-state index in [1.807, 2.05) is 23.1 Å². The number of phenols is 1. The van der Waals surface area contributed by atoms with Crippen molar-refractivity contribution < 1.29 is 24.2 Å². The maximum absolute atomic E-state index is 12.6. The number of esters is 1. The Morgan fingerprint density at radius 1 is 1.07 bits per heavy atom. The summed E-state index contributed by atoms with van der Waals surface area (Å²) in [6.45, 7) is 1.59. The number of hydrogen-bond acceptors (Lipinski definition) is 6. The van der Waals surface area contributed by atoms with E-state index in [1.165, 1.54) is 25.3 Å². The highest BCUT2D eigenvalue weighted by Crippen LogP contribution is 2.20. The van der Waals surface area contributed by atoms with E-state index >= 15 is 0 Å². The van der Waals surface area contributed by atoms with Crippen LogP contribution in [0.25, 0.3) is 0 Å². The number of piperidine rings is 1. The van der Waals surface area contributed by atoms with Crippen LogP contribution < -0.4 is 5.32 Å². The summed E-state index contributed by atoms with van der Waals surface area (Å²) < 4.78 is 4.62. The Bertz CT molecular complexity index is 889. The quantitative estimate of drug-likeness (QED) is 0.574. The molecule has 1 aliphatic heterocycles. The van der Waals surface area contributed by atoms with Gasteiger partial charge in [0.1, 0.15) is 11.3 Å². The summed E-state index contributed by atoms with van der Waals surface area (Å²) in [5, 5.41) is 12.8.